The van der Waals surface area contributed by atoms with Crippen LogP contribution in [-0.4, -0.2) is 59.2 Å². The van der Waals surface area contributed by atoms with Crippen LogP contribution in [0.1, 0.15) is 25.0 Å². The molecule has 2 amide bonds. The number of amides is 2. The van der Waals surface area contributed by atoms with E-state index in [0.29, 0.717) is 38.1 Å². The van der Waals surface area contributed by atoms with Crippen molar-refractivity contribution in [3.63, 3.8) is 0 Å². The monoisotopic (exact) mass is 438 g/mol. The number of aryl methyl sites for hydroxylation is 1. The number of aromatic nitrogens is 1. The molecular formula is C24H30N4O4. The molecule has 8 heteroatoms. The van der Waals surface area contributed by atoms with Crippen LogP contribution in [0.4, 0.5) is 5.69 Å². The second-order valence-corrected chi connectivity index (χ2v) is 8.53. The number of carbonyl (C=O) groups is 2. The third-order valence-corrected chi connectivity index (χ3v) is 6.47. The number of benzene rings is 1. The number of nitrogens with one attached hydrogen (secondary N) is 1. The molecule has 4 rings (SSSR count). The number of para-hydroxylation sites is 1. The average Bonchev–Trinajstić information content (AvgIpc) is 2.85. The lowest BCUT2D eigenvalue weighted by Gasteiger charge is -2.40. The molecule has 2 heterocycles. The minimum absolute atomic E-state index is 0.0123. The number of hydrogen-bond donors (Lipinski definition) is 2. The fraction of sp³-hybridized carbons (Fsp3) is 0.458. The summed E-state index contributed by atoms with van der Waals surface area (Å²) in [6.45, 7) is 4.65. The van der Waals surface area contributed by atoms with E-state index < -0.39 is 17.7 Å². The van der Waals surface area contributed by atoms with Gasteiger partial charge in [-0.3, -0.25) is 19.8 Å². The summed E-state index contributed by atoms with van der Waals surface area (Å²) in [5, 5.41) is 9.28. The first-order valence-electron chi connectivity index (χ1n) is 11.2. The number of nitrogens with zero attached hydrogens (tertiary/aromatic N) is 3. The van der Waals surface area contributed by atoms with Crippen LogP contribution in [-0.2, 0) is 9.59 Å². The molecule has 0 bridgehead atoms. The first kappa shape index (κ1) is 22.1. The van der Waals surface area contributed by atoms with Gasteiger partial charge < -0.3 is 14.5 Å². The Morgan fingerprint density at radius 3 is 2.44 bits per heavy atom. The van der Waals surface area contributed by atoms with Crippen molar-refractivity contribution >= 4 is 17.5 Å². The van der Waals surface area contributed by atoms with Gasteiger partial charge in [0.15, 0.2) is 0 Å². The number of rotatable bonds is 5. The fourth-order valence-corrected chi connectivity index (χ4v) is 4.68. The quantitative estimate of drug-likeness (QED) is 0.550. The van der Waals surface area contributed by atoms with Crippen LogP contribution >= 0.6 is 0 Å². The Bertz CT molecular complexity index is 913. The van der Waals surface area contributed by atoms with E-state index in [0.717, 1.165) is 24.5 Å². The molecule has 3 atom stereocenters. The highest BCUT2D eigenvalue weighted by atomic mass is 16.5. The predicted molar refractivity (Wildman–Crippen MR) is 119 cm³/mol. The van der Waals surface area contributed by atoms with E-state index in [-0.39, 0.29) is 12.0 Å². The molecule has 2 fully saturated rings. The first-order valence-corrected chi connectivity index (χ1v) is 11.2. The number of carbonyl (C=O) groups excluding carboxylic acids is 2. The molecule has 0 radical (unpaired) electrons. The van der Waals surface area contributed by atoms with Crippen molar-refractivity contribution in [2.24, 2.45) is 11.8 Å². The summed E-state index contributed by atoms with van der Waals surface area (Å²) in [5.41, 5.74) is 3.81. The SMILES string of the molecule is Cc1ccc(O[C@@H]2CC[C@@H](C(=O)N3CCN(c4ccccc4)CC3)[C@H](C(=O)NO)C2)cn1. The Morgan fingerprint density at radius 2 is 1.78 bits per heavy atom. The number of hydroxylamine groups is 1. The zero-order valence-corrected chi connectivity index (χ0v) is 18.3. The topological polar surface area (TPSA) is 95.0 Å². The van der Waals surface area contributed by atoms with Crippen molar-refractivity contribution < 1.29 is 19.5 Å². The van der Waals surface area contributed by atoms with Gasteiger partial charge in [0.25, 0.3) is 0 Å². The lowest BCUT2D eigenvalue weighted by atomic mass is 9.76. The second kappa shape index (κ2) is 9.99. The van der Waals surface area contributed by atoms with Crippen LogP contribution in [0, 0.1) is 18.8 Å². The molecule has 1 aliphatic heterocycles. The van der Waals surface area contributed by atoms with Gasteiger partial charge in [0.1, 0.15) is 5.75 Å². The third kappa shape index (κ3) is 5.02. The Hall–Kier alpha value is -3.13. The highest BCUT2D eigenvalue weighted by Crippen LogP contribution is 2.34. The Labute approximate surface area is 188 Å². The number of hydrogen-bond acceptors (Lipinski definition) is 6. The highest BCUT2D eigenvalue weighted by molar-refractivity contribution is 5.87. The van der Waals surface area contributed by atoms with Crippen molar-refractivity contribution in [2.75, 3.05) is 31.1 Å². The van der Waals surface area contributed by atoms with E-state index in [4.69, 9.17) is 4.74 Å². The van der Waals surface area contributed by atoms with Crippen molar-refractivity contribution in [3.05, 3.63) is 54.4 Å². The molecule has 2 aliphatic rings. The van der Waals surface area contributed by atoms with Crippen molar-refractivity contribution in [2.45, 2.75) is 32.3 Å². The zero-order valence-electron chi connectivity index (χ0n) is 18.3. The summed E-state index contributed by atoms with van der Waals surface area (Å²) >= 11 is 0. The van der Waals surface area contributed by atoms with Gasteiger partial charge in [-0.25, -0.2) is 5.48 Å². The fourth-order valence-electron chi connectivity index (χ4n) is 4.68. The molecule has 8 nitrogen and oxygen atoms in total. The zero-order chi connectivity index (χ0) is 22.5. The van der Waals surface area contributed by atoms with Crippen LogP contribution in [0.5, 0.6) is 5.75 Å². The largest absolute Gasteiger partial charge is 0.489 e. The molecular weight excluding hydrogens is 408 g/mol. The average molecular weight is 439 g/mol. The van der Waals surface area contributed by atoms with E-state index in [9.17, 15) is 14.8 Å². The lowest BCUT2D eigenvalue weighted by Crippen LogP contribution is -2.53. The Kier molecular flexibility index (Phi) is 6.90. The van der Waals surface area contributed by atoms with Gasteiger partial charge in [0, 0.05) is 37.6 Å². The normalized spacial score (nSPS) is 23.5. The van der Waals surface area contributed by atoms with Crippen LogP contribution in [0.2, 0.25) is 0 Å². The van der Waals surface area contributed by atoms with Gasteiger partial charge in [-0.1, -0.05) is 18.2 Å². The summed E-state index contributed by atoms with van der Waals surface area (Å²) < 4.78 is 6.02. The van der Waals surface area contributed by atoms with E-state index >= 15 is 0 Å². The first-order chi connectivity index (χ1) is 15.5. The molecule has 170 valence electrons. The van der Waals surface area contributed by atoms with Crippen molar-refractivity contribution in [1.82, 2.24) is 15.4 Å². The van der Waals surface area contributed by atoms with Crippen LogP contribution in [0.25, 0.3) is 0 Å². The van der Waals surface area contributed by atoms with Gasteiger partial charge in [-0.2, -0.15) is 0 Å². The minimum atomic E-state index is -0.628. The number of pyridine rings is 1. The minimum Gasteiger partial charge on any atom is -0.489 e. The summed E-state index contributed by atoms with van der Waals surface area (Å²) in [5.74, 6) is -0.979. The van der Waals surface area contributed by atoms with E-state index in [1.165, 1.54) is 0 Å². The van der Waals surface area contributed by atoms with E-state index in [1.807, 2.05) is 42.2 Å². The van der Waals surface area contributed by atoms with Crippen molar-refractivity contribution in [3.8, 4) is 5.75 Å². The smallest absolute Gasteiger partial charge is 0.247 e. The molecule has 0 unspecified atom stereocenters. The molecule has 32 heavy (non-hydrogen) atoms. The van der Waals surface area contributed by atoms with Gasteiger partial charge in [-0.05, 0) is 50.5 Å². The Morgan fingerprint density at radius 1 is 1.03 bits per heavy atom. The molecule has 1 saturated heterocycles. The second-order valence-electron chi connectivity index (χ2n) is 8.53. The van der Waals surface area contributed by atoms with Gasteiger partial charge in [-0.15, -0.1) is 0 Å². The summed E-state index contributed by atoms with van der Waals surface area (Å²) in [6.07, 6.45) is 3.05. The number of anilines is 1. The maximum Gasteiger partial charge on any atom is 0.247 e. The van der Waals surface area contributed by atoms with Gasteiger partial charge >= 0.3 is 0 Å². The Balaban J connectivity index is 1.38. The molecule has 1 aliphatic carbocycles. The number of piperazine rings is 1. The molecule has 2 aromatic rings. The van der Waals surface area contributed by atoms with E-state index in [1.54, 1.807) is 11.7 Å². The summed E-state index contributed by atoms with van der Waals surface area (Å²) in [7, 11) is 0. The highest BCUT2D eigenvalue weighted by Gasteiger charge is 2.42. The van der Waals surface area contributed by atoms with Gasteiger partial charge in [0.05, 0.1) is 24.1 Å². The van der Waals surface area contributed by atoms with Crippen LogP contribution < -0.4 is 15.1 Å². The molecule has 0 spiro atoms. The van der Waals surface area contributed by atoms with E-state index in [2.05, 4.69) is 22.0 Å². The van der Waals surface area contributed by atoms with Crippen LogP contribution in [0.15, 0.2) is 48.7 Å². The molecule has 1 aromatic heterocycles. The third-order valence-electron chi connectivity index (χ3n) is 6.47. The van der Waals surface area contributed by atoms with Crippen LogP contribution in [0.3, 0.4) is 0 Å². The molecule has 1 aromatic carbocycles. The van der Waals surface area contributed by atoms with Gasteiger partial charge in [0.2, 0.25) is 11.8 Å². The maximum atomic E-state index is 13.3. The number of ether oxygens (including phenoxy) is 1. The lowest BCUT2D eigenvalue weighted by molar-refractivity contribution is -0.148. The predicted octanol–water partition coefficient (Wildman–Crippen LogP) is 2.41. The summed E-state index contributed by atoms with van der Waals surface area (Å²) in [4.78, 5) is 34.1. The standard InChI is InChI=1S/C24H30N4O4/c1-17-7-8-20(16-25-17)32-19-9-10-21(22(15-19)23(29)26-31)24(30)28-13-11-27(12-14-28)18-5-3-2-4-6-18/h2-8,16,19,21-22,31H,9-15H2,1H3,(H,26,29)/t19-,21-,22-/m1/s1. The summed E-state index contributed by atoms with van der Waals surface area (Å²) in [6, 6.07) is 13.9. The maximum absolute atomic E-state index is 13.3. The molecule has 1 saturated carbocycles. The van der Waals surface area contributed by atoms with Crippen molar-refractivity contribution in [1.29, 1.82) is 0 Å². The molecule has 2 N–H and O–H groups in total.